The van der Waals surface area contributed by atoms with Crippen LogP contribution in [0.25, 0.3) is 5.69 Å². The molecule has 28 heavy (non-hydrogen) atoms. The van der Waals surface area contributed by atoms with Gasteiger partial charge in [-0.2, -0.15) is 0 Å². The molecule has 4 rings (SSSR count). The van der Waals surface area contributed by atoms with Gasteiger partial charge in [0.1, 0.15) is 5.82 Å². The number of nitrogens with zero attached hydrogens (tertiary/aromatic N) is 4. The molecule has 0 aliphatic heterocycles. The van der Waals surface area contributed by atoms with Gasteiger partial charge in [0, 0.05) is 25.7 Å². The summed E-state index contributed by atoms with van der Waals surface area (Å²) in [5, 5.41) is 9.59. The summed E-state index contributed by atoms with van der Waals surface area (Å²) in [7, 11) is 1.89. The number of amides is 1. The second kappa shape index (κ2) is 8.61. The maximum absolute atomic E-state index is 12.5. The molecule has 1 aliphatic carbocycles. The average molecular weight is 393 g/mol. The lowest BCUT2D eigenvalue weighted by Crippen LogP contribution is -2.30. The molecule has 0 bridgehead atoms. The zero-order chi connectivity index (χ0) is 19.3. The lowest BCUT2D eigenvalue weighted by Gasteiger charge is -2.16. The van der Waals surface area contributed by atoms with Crippen molar-refractivity contribution in [3.8, 4) is 5.69 Å². The van der Waals surface area contributed by atoms with Gasteiger partial charge in [-0.3, -0.25) is 9.36 Å². The molecule has 5 nitrogen and oxygen atoms in total. The molecule has 144 valence electrons. The first-order valence-corrected chi connectivity index (χ1v) is 10.6. The third kappa shape index (κ3) is 4.62. The summed E-state index contributed by atoms with van der Waals surface area (Å²) in [6, 6.07) is 20.3. The second-order valence-corrected chi connectivity index (χ2v) is 8.18. The lowest BCUT2D eigenvalue weighted by atomic mass is 10.1. The highest BCUT2D eigenvalue weighted by atomic mass is 32.2. The molecule has 3 aromatic rings. The molecular formula is C22H24N4OS. The number of thioether (sulfide) groups is 1. The number of hydrogen-bond acceptors (Lipinski definition) is 4. The summed E-state index contributed by atoms with van der Waals surface area (Å²) in [5.74, 6) is 2.09. The Morgan fingerprint density at radius 3 is 2.43 bits per heavy atom. The van der Waals surface area contributed by atoms with Crippen molar-refractivity contribution in [2.75, 3.05) is 19.3 Å². The van der Waals surface area contributed by atoms with Crippen LogP contribution in [0.2, 0.25) is 0 Å². The molecule has 1 heterocycles. The molecule has 6 heteroatoms. The van der Waals surface area contributed by atoms with E-state index >= 15 is 0 Å². The number of benzene rings is 2. The van der Waals surface area contributed by atoms with Crippen LogP contribution in [-0.2, 0) is 11.2 Å². The van der Waals surface area contributed by atoms with Crippen molar-refractivity contribution in [2.24, 2.45) is 5.92 Å². The fraction of sp³-hybridized carbons (Fsp3) is 0.318. The largest absolute Gasteiger partial charge is 0.345 e. The van der Waals surface area contributed by atoms with Crippen LogP contribution in [0.5, 0.6) is 0 Å². The summed E-state index contributed by atoms with van der Waals surface area (Å²) in [5.41, 5.74) is 2.20. The molecule has 0 radical (unpaired) electrons. The molecule has 2 aromatic carbocycles. The number of carbonyl (C=O) groups excluding carboxylic acids is 1. The Morgan fingerprint density at radius 2 is 1.75 bits per heavy atom. The van der Waals surface area contributed by atoms with E-state index in [-0.39, 0.29) is 5.91 Å². The molecule has 0 saturated heterocycles. The fourth-order valence-electron chi connectivity index (χ4n) is 3.15. The molecule has 0 atom stereocenters. The van der Waals surface area contributed by atoms with Crippen LogP contribution in [0, 0.1) is 5.92 Å². The minimum absolute atomic E-state index is 0.143. The van der Waals surface area contributed by atoms with Crippen LogP contribution in [0.4, 0.5) is 0 Å². The van der Waals surface area contributed by atoms with Crippen molar-refractivity contribution in [1.29, 1.82) is 0 Å². The number of rotatable bonds is 8. The van der Waals surface area contributed by atoms with Crippen LogP contribution >= 0.6 is 11.8 Å². The van der Waals surface area contributed by atoms with Gasteiger partial charge in [0.25, 0.3) is 0 Å². The van der Waals surface area contributed by atoms with E-state index in [2.05, 4.69) is 26.9 Å². The van der Waals surface area contributed by atoms with Gasteiger partial charge in [0.05, 0.1) is 5.75 Å². The van der Waals surface area contributed by atoms with Crippen molar-refractivity contribution in [1.82, 2.24) is 19.7 Å². The second-order valence-electron chi connectivity index (χ2n) is 7.24. The van der Waals surface area contributed by atoms with E-state index in [9.17, 15) is 4.79 Å². The van der Waals surface area contributed by atoms with Gasteiger partial charge in [-0.25, -0.2) is 0 Å². The quantitative estimate of drug-likeness (QED) is 0.547. The van der Waals surface area contributed by atoms with E-state index in [0.717, 1.165) is 23.2 Å². The molecule has 1 saturated carbocycles. The Morgan fingerprint density at radius 1 is 1.07 bits per heavy atom. The summed E-state index contributed by atoms with van der Waals surface area (Å²) >= 11 is 1.46. The van der Waals surface area contributed by atoms with Gasteiger partial charge in [-0.1, -0.05) is 60.3 Å². The molecule has 1 amide bonds. The molecular weight excluding hydrogens is 368 g/mol. The maximum atomic E-state index is 12.5. The standard InChI is InChI=1S/C22H24N4OS/c1-25(15-18-12-13-18)21(27)16-28-22-24-23-20(14-17-8-4-2-5-9-17)26(22)19-10-6-3-7-11-19/h2-11,18H,12-16H2,1H3. The minimum Gasteiger partial charge on any atom is -0.345 e. The van der Waals surface area contributed by atoms with E-state index in [1.165, 1.54) is 30.2 Å². The molecule has 0 spiro atoms. The Kier molecular flexibility index (Phi) is 5.76. The van der Waals surface area contributed by atoms with Gasteiger partial charge >= 0.3 is 0 Å². The van der Waals surface area contributed by atoms with Crippen molar-refractivity contribution in [2.45, 2.75) is 24.4 Å². The highest BCUT2D eigenvalue weighted by Crippen LogP contribution is 2.30. The summed E-state index contributed by atoms with van der Waals surface area (Å²) in [6.07, 6.45) is 3.19. The summed E-state index contributed by atoms with van der Waals surface area (Å²) < 4.78 is 2.06. The first kappa shape index (κ1) is 18.7. The van der Waals surface area contributed by atoms with Crippen LogP contribution in [0.1, 0.15) is 24.2 Å². The Labute approximate surface area is 169 Å². The summed E-state index contributed by atoms with van der Waals surface area (Å²) in [4.78, 5) is 14.3. The summed E-state index contributed by atoms with van der Waals surface area (Å²) in [6.45, 7) is 0.865. The van der Waals surface area contributed by atoms with Gasteiger partial charge in [-0.15, -0.1) is 10.2 Å². The number of para-hydroxylation sites is 1. The predicted octanol–water partition coefficient (Wildman–Crippen LogP) is 3.82. The number of aromatic nitrogens is 3. The number of hydrogen-bond donors (Lipinski definition) is 0. The third-order valence-electron chi connectivity index (χ3n) is 4.90. The van der Waals surface area contributed by atoms with Crippen molar-refractivity contribution in [3.63, 3.8) is 0 Å². The molecule has 0 N–H and O–H groups in total. The highest BCUT2D eigenvalue weighted by Gasteiger charge is 2.25. The van der Waals surface area contributed by atoms with Gasteiger partial charge in [0.2, 0.25) is 5.91 Å². The highest BCUT2D eigenvalue weighted by molar-refractivity contribution is 7.99. The van der Waals surface area contributed by atoms with Gasteiger partial charge < -0.3 is 4.90 Å². The minimum atomic E-state index is 0.143. The zero-order valence-electron chi connectivity index (χ0n) is 16.0. The fourth-order valence-corrected chi connectivity index (χ4v) is 4.06. The third-order valence-corrected chi connectivity index (χ3v) is 5.81. The predicted molar refractivity (Wildman–Crippen MR) is 112 cm³/mol. The topological polar surface area (TPSA) is 51.0 Å². The van der Waals surface area contributed by atoms with E-state index in [0.29, 0.717) is 18.1 Å². The SMILES string of the molecule is CN(CC1CC1)C(=O)CSc1nnc(Cc2ccccc2)n1-c1ccccc1. The Balaban J connectivity index is 1.53. The Hall–Kier alpha value is -2.60. The van der Waals surface area contributed by atoms with E-state index < -0.39 is 0 Å². The van der Waals surface area contributed by atoms with Gasteiger partial charge in [-0.05, 0) is 36.5 Å². The molecule has 0 unspecified atom stereocenters. The van der Waals surface area contributed by atoms with E-state index in [1.54, 1.807) is 0 Å². The van der Waals surface area contributed by atoms with Crippen LogP contribution in [0.3, 0.4) is 0 Å². The Bertz CT molecular complexity index is 922. The first-order chi connectivity index (χ1) is 13.7. The van der Waals surface area contributed by atoms with Crippen molar-refractivity contribution < 1.29 is 4.79 Å². The van der Waals surface area contributed by atoms with Crippen LogP contribution in [0.15, 0.2) is 65.8 Å². The molecule has 1 aromatic heterocycles. The van der Waals surface area contributed by atoms with E-state index in [1.807, 2.05) is 60.5 Å². The molecule has 1 aliphatic rings. The first-order valence-electron chi connectivity index (χ1n) is 9.61. The average Bonchev–Trinajstić information content (AvgIpc) is 3.46. The van der Waals surface area contributed by atoms with Crippen molar-refractivity contribution >= 4 is 17.7 Å². The zero-order valence-corrected chi connectivity index (χ0v) is 16.8. The van der Waals surface area contributed by atoms with E-state index in [4.69, 9.17) is 0 Å². The monoisotopic (exact) mass is 392 g/mol. The smallest absolute Gasteiger partial charge is 0.232 e. The van der Waals surface area contributed by atoms with Gasteiger partial charge in [0.15, 0.2) is 5.16 Å². The number of carbonyl (C=O) groups is 1. The van der Waals surface area contributed by atoms with Crippen molar-refractivity contribution in [3.05, 3.63) is 72.1 Å². The normalized spacial score (nSPS) is 13.5. The lowest BCUT2D eigenvalue weighted by molar-refractivity contribution is -0.127. The maximum Gasteiger partial charge on any atom is 0.232 e. The van der Waals surface area contributed by atoms with Crippen LogP contribution in [-0.4, -0.2) is 44.9 Å². The molecule has 1 fully saturated rings. The van der Waals surface area contributed by atoms with Crippen LogP contribution < -0.4 is 0 Å².